The molecule has 1 aromatic rings. The van der Waals surface area contributed by atoms with Crippen LogP contribution < -0.4 is 5.32 Å². The van der Waals surface area contributed by atoms with E-state index in [0.717, 1.165) is 16.4 Å². The third-order valence-electron chi connectivity index (χ3n) is 4.27. The lowest BCUT2D eigenvalue weighted by Crippen LogP contribution is -2.55. The number of amides is 1. The lowest BCUT2D eigenvalue weighted by Gasteiger charge is -2.36. The predicted molar refractivity (Wildman–Crippen MR) is 84.3 cm³/mol. The van der Waals surface area contributed by atoms with Crippen LogP contribution in [0.3, 0.4) is 0 Å². The van der Waals surface area contributed by atoms with Gasteiger partial charge in [-0.15, -0.1) is 0 Å². The van der Waals surface area contributed by atoms with E-state index in [9.17, 15) is 22.0 Å². The summed E-state index contributed by atoms with van der Waals surface area (Å²) >= 11 is 0. The maximum atomic E-state index is 13.8. The van der Waals surface area contributed by atoms with Crippen LogP contribution in [0.1, 0.15) is 0 Å². The number of piperazine rings is 1. The van der Waals surface area contributed by atoms with E-state index in [0.29, 0.717) is 25.8 Å². The van der Waals surface area contributed by atoms with Crippen molar-refractivity contribution < 1.29 is 26.7 Å². The Balaban J connectivity index is 1.66. The summed E-state index contributed by atoms with van der Waals surface area (Å²) in [6, 6.07) is 2.36. The van der Waals surface area contributed by atoms with Crippen LogP contribution in [0.15, 0.2) is 23.1 Å². The van der Waals surface area contributed by atoms with Gasteiger partial charge in [0.25, 0.3) is 5.91 Å². The van der Waals surface area contributed by atoms with Crippen LogP contribution in [0, 0.1) is 11.6 Å². The van der Waals surface area contributed by atoms with Gasteiger partial charge in [0.05, 0.1) is 6.61 Å². The van der Waals surface area contributed by atoms with E-state index in [1.54, 1.807) is 4.90 Å². The Labute approximate surface area is 144 Å². The SMILES string of the molecule is O=C(C1CNCCO1)N1CCN(S(=O)(=O)c2ccc(F)cc2F)CC1. The number of halogens is 2. The topological polar surface area (TPSA) is 79.0 Å². The number of morpholine rings is 1. The highest BCUT2D eigenvalue weighted by atomic mass is 32.2. The zero-order chi connectivity index (χ0) is 18.0. The highest BCUT2D eigenvalue weighted by Crippen LogP contribution is 2.21. The van der Waals surface area contributed by atoms with E-state index in [-0.39, 0.29) is 32.1 Å². The van der Waals surface area contributed by atoms with E-state index in [1.807, 2.05) is 0 Å². The first-order valence-corrected chi connectivity index (χ1v) is 9.40. The zero-order valence-electron chi connectivity index (χ0n) is 13.5. The number of carbonyl (C=O) groups excluding carboxylic acids is 1. The van der Waals surface area contributed by atoms with Crippen molar-refractivity contribution in [2.24, 2.45) is 0 Å². The first-order chi connectivity index (χ1) is 11.9. The maximum absolute atomic E-state index is 13.8. The van der Waals surface area contributed by atoms with Crippen molar-refractivity contribution in [2.45, 2.75) is 11.0 Å². The number of rotatable bonds is 3. The summed E-state index contributed by atoms with van der Waals surface area (Å²) in [6.45, 7) is 2.06. The molecule has 2 saturated heterocycles. The normalized spacial score (nSPS) is 22.8. The lowest BCUT2D eigenvalue weighted by molar-refractivity contribution is -0.146. The van der Waals surface area contributed by atoms with Crippen LogP contribution in [0.2, 0.25) is 0 Å². The van der Waals surface area contributed by atoms with Crippen LogP contribution in [0.5, 0.6) is 0 Å². The summed E-state index contributed by atoms with van der Waals surface area (Å²) < 4.78 is 58.4. The second-order valence-corrected chi connectivity index (χ2v) is 7.77. The van der Waals surface area contributed by atoms with Crippen LogP contribution >= 0.6 is 0 Å². The minimum atomic E-state index is -4.07. The molecule has 138 valence electrons. The Hall–Kier alpha value is -1.62. The molecule has 25 heavy (non-hydrogen) atoms. The van der Waals surface area contributed by atoms with Crippen molar-refractivity contribution in [3.63, 3.8) is 0 Å². The fourth-order valence-electron chi connectivity index (χ4n) is 2.90. The van der Waals surface area contributed by atoms with Gasteiger partial charge in [-0.1, -0.05) is 0 Å². The molecule has 2 aliphatic heterocycles. The molecule has 1 amide bonds. The summed E-state index contributed by atoms with van der Waals surface area (Å²) in [6.07, 6.45) is -0.563. The predicted octanol–water partition coefficient (Wildman–Crippen LogP) is -0.214. The Morgan fingerprint density at radius 3 is 2.52 bits per heavy atom. The molecular weight excluding hydrogens is 356 g/mol. The molecule has 10 heteroatoms. The van der Waals surface area contributed by atoms with Gasteiger partial charge in [-0.05, 0) is 12.1 Å². The van der Waals surface area contributed by atoms with Crippen LogP contribution in [0.4, 0.5) is 8.78 Å². The zero-order valence-corrected chi connectivity index (χ0v) is 14.3. The highest BCUT2D eigenvalue weighted by molar-refractivity contribution is 7.89. The number of ether oxygens (including phenoxy) is 1. The number of carbonyl (C=O) groups is 1. The molecule has 3 rings (SSSR count). The smallest absolute Gasteiger partial charge is 0.253 e. The van der Waals surface area contributed by atoms with Crippen LogP contribution in [-0.4, -0.2) is 75.5 Å². The van der Waals surface area contributed by atoms with Crippen molar-refractivity contribution in [1.82, 2.24) is 14.5 Å². The van der Waals surface area contributed by atoms with Crippen molar-refractivity contribution >= 4 is 15.9 Å². The quantitative estimate of drug-likeness (QED) is 0.791. The van der Waals surface area contributed by atoms with E-state index in [4.69, 9.17) is 4.74 Å². The van der Waals surface area contributed by atoms with E-state index in [1.165, 1.54) is 0 Å². The average molecular weight is 375 g/mol. The third kappa shape index (κ3) is 3.81. The summed E-state index contributed by atoms with van der Waals surface area (Å²) in [5.74, 6) is -2.15. The molecule has 0 saturated carbocycles. The fraction of sp³-hybridized carbons (Fsp3) is 0.533. The van der Waals surface area contributed by atoms with Crippen molar-refractivity contribution in [3.05, 3.63) is 29.8 Å². The molecule has 2 heterocycles. The molecule has 1 unspecified atom stereocenters. The first-order valence-electron chi connectivity index (χ1n) is 7.96. The van der Waals surface area contributed by atoms with Gasteiger partial charge >= 0.3 is 0 Å². The molecule has 1 N–H and O–H groups in total. The first kappa shape index (κ1) is 18.2. The molecule has 0 aliphatic carbocycles. The molecule has 2 aliphatic rings. The molecule has 0 spiro atoms. The van der Waals surface area contributed by atoms with Gasteiger partial charge in [0, 0.05) is 45.3 Å². The Kier molecular flexibility index (Phi) is 5.32. The maximum Gasteiger partial charge on any atom is 0.253 e. The van der Waals surface area contributed by atoms with E-state index >= 15 is 0 Å². The number of nitrogens with zero attached hydrogens (tertiary/aromatic N) is 2. The summed E-state index contributed by atoms with van der Waals surface area (Å²) in [5, 5.41) is 3.07. The molecule has 1 aromatic carbocycles. The second-order valence-electron chi connectivity index (χ2n) is 5.87. The summed E-state index contributed by atoms with van der Waals surface area (Å²) in [4.78, 5) is 13.3. The van der Waals surface area contributed by atoms with Crippen molar-refractivity contribution in [1.29, 1.82) is 0 Å². The number of hydrogen-bond acceptors (Lipinski definition) is 5. The third-order valence-corrected chi connectivity index (χ3v) is 6.20. The number of hydrogen-bond donors (Lipinski definition) is 1. The molecule has 1 atom stereocenters. The standard InChI is InChI=1S/C15H19F2N3O4S/c16-11-1-2-14(12(17)9-11)25(22,23)20-6-4-19(5-7-20)15(21)13-10-18-3-8-24-13/h1-2,9,13,18H,3-8,10H2. The average Bonchev–Trinajstić information content (AvgIpc) is 2.61. The van der Waals surface area contributed by atoms with Crippen molar-refractivity contribution in [2.75, 3.05) is 45.9 Å². The van der Waals surface area contributed by atoms with Crippen LogP contribution in [-0.2, 0) is 19.6 Å². The molecule has 2 fully saturated rings. The second kappa shape index (κ2) is 7.32. The van der Waals surface area contributed by atoms with Gasteiger partial charge in [0.15, 0.2) is 0 Å². The van der Waals surface area contributed by atoms with Gasteiger partial charge in [-0.2, -0.15) is 4.31 Å². The minimum absolute atomic E-state index is 0.0467. The summed E-state index contributed by atoms with van der Waals surface area (Å²) in [5.41, 5.74) is 0. The van der Waals surface area contributed by atoms with E-state index < -0.39 is 32.7 Å². The molecule has 0 aromatic heterocycles. The van der Waals surface area contributed by atoms with Crippen LogP contribution in [0.25, 0.3) is 0 Å². The molecule has 0 bridgehead atoms. The number of nitrogens with one attached hydrogen (secondary N) is 1. The van der Waals surface area contributed by atoms with Gasteiger partial charge in [0.2, 0.25) is 10.0 Å². The van der Waals surface area contributed by atoms with Gasteiger partial charge in [-0.3, -0.25) is 4.79 Å². The lowest BCUT2D eigenvalue weighted by atomic mass is 10.2. The Bertz CT molecular complexity index is 745. The monoisotopic (exact) mass is 375 g/mol. The van der Waals surface area contributed by atoms with Crippen molar-refractivity contribution in [3.8, 4) is 0 Å². The fourth-order valence-corrected chi connectivity index (χ4v) is 4.37. The van der Waals surface area contributed by atoms with Gasteiger partial charge < -0.3 is 15.0 Å². The van der Waals surface area contributed by atoms with Gasteiger partial charge in [-0.25, -0.2) is 17.2 Å². The minimum Gasteiger partial charge on any atom is -0.366 e. The highest BCUT2D eigenvalue weighted by Gasteiger charge is 2.34. The number of benzene rings is 1. The molecule has 7 nitrogen and oxygen atoms in total. The summed E-state index contributed by atoms with van der Waals surface area (Å²) in [7, 11) is -4.07. The number of sulfonamides is 1. The largest absolute Gasteiger partial charge is 0.366 e. The van der Waals surface area contributed by atoms with E-state index in [2.05, 4.69) is 5.32 Å². The van der Waals surface area contributed by atoms with Gasteiger partial charge in [0.1, 0.15) is 22.6 Å². The molecule has 0 radical (unpaired) electrons. The Morgan fingerprint density at radius 1 is 1.20 bits per heavy atom. The molecular formula is C15H19F2N3O4S. The Morgan fingerprint density at radius 2 is 1.92 bits per heavy atom.